The monoisotopic (exact) mass is 221 g/mol. The molecule has 0 aliphatic heterocycles. The van der Waals surface area contributed by atoms with E-state index in [1.54, 1.807) is 0 Å². The fraction of sp³-hybridized carbons (Fsp3) is 0. The van der Waals surface area contributed by atoms with Crippen LogP contribution in [0.5, 0.6) is 0 Å². The summed E-state index contributed by atoms with van der Waals surface area (Å²) < 4.78 is 0. The number of allylic oxidation sites excluding steroid dienone is 1. The Morgan fingerprint density at radius 1 is 0.941 bits per heavy atom. The molecule has 0 atom stereocenters. The number of anilines is 1. The highest BCUT2D eigenvalue weighted by molar-refractivity contribution is 5.58. The van der Waals surface area contributed by atoms with Crippen molar-refractivity contribution in [2.45, 2.75) is 0 Å². The predicted octanol–water partition coefficient (Wildman–Crippen LogP) is 2.50. The summed E-state index contributed by atoms with van der Waals surface area (Å²) in [5.41, 5.74) is 1.89. The zero-order valence-electron chi connectivity index (χ0n) is 9.69. The lowest BCUT2D eigenvalue weighted by molar-refractivity contribution is 1.48. The zero-order valence-corrected chi connectivity index (χ0v) is 9.69. The molecule has 1 nitrogen and oxygen atoms in total. The quantitative estimate of drug-likeness (QED) is 0.839. The minimum Gasteiger partial charge on any atom is -0.356 e. The van der Waals surface area contributed by atoms with Crippen LogP contribution in [-0.4, -0.2) is 0 Å². The van der Waals surface area contributed by atoms with Crippen LogP contribution in [0.4, 0.5) is 5.69 Å². The van der Waals surface area contributed by atoms with Gasteiger partial charge in [0.25, 0.3) is 0 Å². The van der Waals surface area contributed by atoms with Gasteiger partial charge in [-0.25, -0.2) is 0 Å². The molecule has 2 rings (SSSR count). The van der Waals surface area contributed by atoms with Crippen LogP contribution in [0.1, 0.15) is 0 Å². The minimum atomic E-state index is 0.854. The van der Waals surface area contributed by atoms with Crippen LogP contribution in [0.2, 0.25) is 0 Å². The zero-order chi connectivity index (χ0) is 12.1. The van der Waals surface area contributed by atoms with Gasteiger partial charge in [0.05, 0.1) is 0 Å². The van der Waals surface area contributed by atoms with E-state index >= 15 is 0 Å². The molecule has 2 aromatic rings. The van der Waals surface area contributed by atoms with Gasteiger partial charge in [-0.3, -0.25) is 0 Å². The van der Waals surface area contributed by atoms with E-state index in [-0.39, 0.29) is 0 Å². The summed E-state index contributed by atoms with van der Waals surface area (Å²) in [7, 11) is 0. The number of benzene rings is 2. The Kier molecular flexibility index (Phi) is 3.41. The van der Waals surface area contributed by atoms with Crippen LogP contribution in [0.25, 0.3) is 12.7 Å². The maximum Gasteiger partial charge on any atom is 0.0384 e. The molecule has 1 heteroatoms. The van der Waals surface area contributed by atoms with Crippen LogP contribution in [0.3, 0.4) is 0 Å². The Hall–Kier alpha value is -2.28. The summed E-state index contributed by atoms with van der Waals surface area (Å²) in [6.45, 7) is 7.97. The highest BCUT2D eigenvalue weighted by atomic mass is 14.9. The van der Waals surface area contributed by atoms with Crippen LogP contribution < -0.4 is 15.8 Å². The third kappa shape index (κ3) is 3.08. The lowest BCUT2D eigenvalue weighted by Crippen LogP contribution is -2.22. The Morgan fingerprint density at radius 3 is 2.29 bits per heavy atom. The van der Waals surface area contributed by atoms with Crippen molar-refractivity contribution in [1.29, 1.82) is 0 Å². The van der Waals surface area contributed by atoms with Crippen molar-refractivity contribution in [2.24, 2.45) is 0 Å². The molecular weight excluding hydrogens is 206 g/mol. The van der Waals surface area contributed by atoms with E-state index in [9.17, 15) is 0 Å². The molecule has 0 aliphatic rings. The van der Waals surface area contributed by atoms with E-state index in [1.165, 1.54) is 0 Å². The normalized spacial score (nSPS) is 11.2. The largest absolute Gasteiger partial charge is 0.356 e. The van der Waals surface area contributed by atoms with Crippen molar-refractivity contribution < 1.29 is 0 Å². The Balaban J connectivity index is 2.21. The number of hydrogen-bond acceptors (Lipinski definition) is 1. The minimum absolute atomic E-state index is 0.854. The van der Waals surface area contributed by atoms with Crippen molar-refractivity contribution in [3.8, 4) is 0 Å². The summed E-state index contributed by atoms with van der Waals surface area (Å²) in [6.07, 6.45) is 2.00. The Labute approximate surface area is 101 Å². The van der Waals surface area contributed by atoms with E-state index < -0.39 is 0 Å². The SMILES string of the molecule is C=C(/C=c1/ccccc1=C)Nc1ccccc1. The molecular formula is C16H15N. The molecule has 0 aliphatic carbocycles. The van der Waals surface area contributed by atoms with Gasteiger partial charge < -0.3 is 5.32 Å². The number of rotatable bonds is 3. The molecule has 0 aromatic heterocycles. The van der Waals surface area contributed by atoms with Gasteiger partial charge in [0.1, 0.15) is 0 Å². The van der Waals surface area contributed by atoms with Gasteiger partial charge in [-0.2, -0.15) is 0 Å². The third-order valence-electron chi connectivity index (χ3n) is 2.46. The lowest BCUT2D eigenvalue weighted by Gasteiger charge is -2.04. The first-order valence-electron chi connectivity index (χ1n) is 5.52. The number of para-hydroxylation sites is 1. The molecule has 17 heavy (non-hydrogen) atoms. The van der Waals surface area contributed by atoms with E-state index in [2.05, 4.69) is 18.5 Å². The third-order valence-corrected chi connectivity index (χ3v) is 2.46. The van der Waals surface area contributed by atoms with E-state index in [4.69, 9.17) is 0 Å². The van der Waals surface area contributed by atoms with E-state index in [1.807, 2.05) is 60.7 Å². The topological polar surface area (TPSA) is 12.0 Å². The van der Waals surface area contributed by atoms with Crippen molar-refractivity contribution in [3.05, 3.63) is 77.3 Å². The molecule has 0 fully saturated rings. The first-order chi connectivity index (χ1) is 8.25. The summed E-state index contributed by atoms with van der Waals surface area (Å²) >= 11 is 0. The molecule has 0 bridgehead atoms. The van der Waals surface area contributed by atoms with E-state index in [0.29, 0.717) is 0 Å². The number of hydrogen-bond donors (Lipinski definition) is 1. The standard InChI is InChI=1S/C16H15N/c1-13-8-6-7-9-15(13)12-14(2)17-16-10-4-3-5-11-16/h3-12,17H,1-2H2/b15-12-. The van der Waals surface area contributed by atoms with Gasteiger partial charge in [0.15, 0.2) is 0 Å². The van der Waals surface area contributed by atoms with Crippen LogP contribution >= 0.6 is 0 Å². The fourth-order valence-corrected chi connectivity index (χ4v) is 1.61. The molecule has 0 heterocycles. The summed E-state index contributed by atoms with van der Waals surface area (Å²) in [4.78, 5) is 0. The molecule has 84 valence electrons. The summed E-state index contributed by atoms with van der Waals surface area (Å²) in [5, 5.41) is 5.33. The summed E-state index contributed by atoms with van der Waals surface area (Å²) in [5.74, 6) is 0. The maximum atomic E-state index is 3.99. The molecule has 2 aromatic carbocycles. The van der Waals surface area contributed by atoms with Crippen LogP contribution in [0.15, 0.2) is 66.9 Å². The smallest absolute Gasteiger partial charge is 0.0384 e. The molecule has 0 unspecified atom stereocenters. The van der Waals surface area contributed by atoms with Crippen molar-refractivity contribution in [1.82, 2.24) is 0 Å². The molecule has 0 radical (unpaired) electrons. The van der Waals surface area contributed by atoms with Crippen molar-refractivity contribution in [2.75, 3.05) is 5.32 Å². The van der Waals surface area contributed by atoms with Gasteiger partial charge in [0.2, 0.25) is 0 Å². The van der Waals surface area contributed by atoms with Crippen molar-refractivity contribution in [3.63, 3.8) is 0 Å². The number of nitrogens with one attached hydrogen (secondary N) is 1. The second kappa shape index (κ2) is 5.17. The van der Waals surface area contributed by atoms with Gasteiger partial charge in [0, 0.05) is 11.4 Å². The van der Waals surface area contributed by atoms with Gasteiger partial charge in [-0.05, 0) is 28.6 Å². The molecule has 0 amide bonds. The highest BCUT2D eigenvalue weighted by Crippen LogP contribution is 2.07. The first kappa shape index (κ1) is 11.2. The highest BCUT2D eigenvalue weighted by Gasteiger charge is 1.91. The van der Waals surface area contributed by atoms with E-state index in [0.717, 1.165) is 21.8 Å². The average Bonchev–Trinajstić information content (AvgIpc) is 2.33. The van der Waals surface area contributed by atoms with Crippen LogP contribution in [-0.2, 0) is 0 Å². The maximum absolute atomic E-state index is 3.99. The average molecular weight is 221 g/mol. The lowest BCUT2D eigenvalue weighted by atomic mass is 10.2. The predicted molar refractivity (Wildman–Crippen MR) is 74.9 cm³/mol. The fourth-order valence-electron chi connectivity index (χ4n) is 1.61. The molecule has 0 spiro atoms. The molecule has 0 saturated carbocycles. The van der Waals surface area contributed by atoms with Crippen molar-refractivity contribution >= 4 is 18.3 Å². The Morgan fingerprint density at radius 2 is 1.59 bits per heavy atom. The summed E-state index contributed by atoms with van der Waals surface area (Å²) in [6, 6.07) is 18.0. The first-order valence-corrected chi connectivity index (χ1v) is 5.52. The molecule has 0 saturated heterocycles. The van der Waals surface area contributed by atoms with Gasteiger partial charge in [-0.1, -0.05) is 55.6 Å². The Bertz CT molecular complexity index is 611. The van der Waals surface area contributed by atoms with Gasteiger partial charge >= 0.3 is 0 Å². The van der Waals surface area contributed by atoms with Gasteiger partial charge in [-0.15, -0.1) is 0 Å². The molecule has 1 N–H and O–H groups in total. The second-order valence-corrected chi connectivity index (χ2v) is 3.86. The van der Waals surface area contributed by atoms with Crippen LogP contribution in [0, 0.1) is 0 Å². The second-order valence-electron chi connectivity index (χ2n) is 3.86.